The molecule has 2 aromatic carbocycles. The lowest BCUT2D eigenvalue weighted by Crippen LogP contribution is -2.37. The second-order valence-corrected chi connectivity index (χ2v) is 11.1. The number of hydrogen-bond acceptors (Lipinski definition) is 6. The van der Waals surface area contributed by atoms with E-state index in [2.05, 4.69) is 15.3 Å². The third-order valence-corrected chi connectivity index (χ3v) is 9.00. The largest absolute Gasteiger partial charge is 0.369 e. The molecular formula is C23H22FN7O3S. The summed E-state index contributed by atoms with van der Waals surface area (Å²) >= 11 is 0. The monoisotopic (exact) mass is 495 g/mol. The number of amides is 1. The molecule has 3 heterocycles. The van der Waals surface area contributed by atoms with E-state index < -0.39 is 27.3 Å². The van der Waals surface area contributed by atoms with Gasteiger partial charge in [-0.3, -0.25) is 4.79 Å². The van der Waals surface area contributed by atoms with Crippen LogP contribution < -0.4 is 5.73 Å². The maximum absolute atomic E-state index is 13.4. The van der Waals surface area contributed by atoms with Gasteiger partial charge in [-0.05, 0) is 60.4 Å². The van der Waals surface area contributed by atoms with Crippen LogP contribution in [0.2, 0.25) is 0 Å². The van der Waals surface area contributed by atoms with Gasteiger partial charge >= 0.3 is 0 Å². The number of hydrogen-bond donors (Lipinski definition) is 1. The van der Waals surface area contributed by atoms with Gasteiger partial charge in [0.2, 0.25) is 10.9 Å². The molecule has 6 rings (SSSR count). The lowest BCUT2D eigenvalue weighted by molar-refractivity contribution is -0.120. The molecule has 3 unspecified atom stereocenters. The number of sulfonamides is 1. The highest BCUT2D eigenvalue weighted by Crippen LogP contribution is 2.65. The Balaban J connectivity index is 1.42. The summed E-state index contributed by atoms with van der Waals surface area (Å²) in [6.07, 6.45) is 2.93. The van der Waals surface area contributed by atoms with E-state index in [0.29, 0.717) is 5.69 Å². The van der Waals surface area contributed by atoms with Crippen LogP contribution in [0, 0.1) is 24.6 Å². The quantitative estimate of drug-likeness (QED) is 0.444. The lowest BCUT2D eigenvalue weighted by Gasteiger charge is -2.23. The van der Waals surface area contributed by atoms with Crippen molar-refractivity contribution in [3.05, 3.63) is 65.7 Å². The second kappa shape index (κ2) is 7.18. The van der Waals surface area contributed by atoms with E-state index in [1.807, 2.05) is 19.1 Å². The fourth-order valence-corrected chi connectivity index (χ4v) is 7.12. The molecule has 1 aliphatic heterocycles. The van der Waals surface area contributed by atoms with Crippen LogP contribution in [0.4, 0.5) is 4.39 Å². The number of halogens is 1. The van der Waals surface area contributed by atoms with Gasteiger partial charge in [0.1, 0.15) is 5.82 Å². The molecule has 0 bridgehead atoms. The number of piperidine rings is 1. The molecule has 0 radical (unpaired) electrons. The number of aromatic nitrogens is 5. The molecular weight excluding hydrogens is 473 g/mol. The zero-order chi connectivity index (χ0) is 24.7. The van der Waals surface area contributed by atoms with Crippen LogP contribution in [0.1, 0.15) is 11.1 Å². The molecule has 12 heteroatoms. The number of fused-ring (bicyclic) bond motifs is 2. The van der Waals surface area contributed by atoms with Gasteiger partial charge in [-0.25, -0.2) is 17.5 Å². The smallest absolute Gasteiger partial charge is 0.264 e. The summed E-state index contributed by atoms with van der Waals surface area (Å²) in [5, 5.41) is 13.0. The van der Waals surface area contributed by atoms with Crippen molar-refractivity contribution in [2.24, 2.45) is 24.6 Å². The van der Waals surface area contributed by atoms with E-state index in [1.165, 1.54) is 27.4 Å². The van der Waals surface area contributed by atoms with Crippen molar-refractivity contribution in [3.63, 3.8) is 0 Å². The number of nitrogens with zero attached hydrogens (tertiary/aromatic N) is 6. The third-order valence-electron chi connectivity index (χ3n) is 7.32. The van der Waals surface area contributed by atoms with Crippen molar-refractivity contribution < 1.29 is 17.6 Å². The highest BCUT2D eigenvalue weighted by molar-refractivity contribution is 7.89. The van der Waals surface area contributed by atoms with E-state index in [0.717, 1.165) is 22.0 Å². The van der Waals surface area contributed by atoms with Crippen molar-refractivity contribution in [3.8, 4) is 5.69 Å². The van der Waals surface area contributed by atoms with Crippen molar-refractivity contribution in [1.29, 1.82) is 0 Å². The van der Waals surface area contributed by atoms with Crippen molar-refractivity contribution in [1.82, 2.24) is 29.1 Å². The van der Waals surface area contributed by atoms with Gasteiger partial charge in [-0.2, -0.15) is 19.3 Å². The average molecular weight is 496 g/mol. The summed E-state index contributed by atoms with van der Waals surface area (Å²) in [4.78, 5) is 13.6. The molecule has 4 aromatic rings. The molecule has 180 valence electrons. The summed E-state index contributed by atoms with van der Waals surface area (Å²) in [6, 6.07) is 9.97. The normalized spacial score (nSPS) is 24.1. The van der Waals surface area contributed by atoms with Crippen molar-refractivity contribution in [2.75, 3.05) is 13.1 Å². The molecule has 2 fully saturated rings. The minimum Gasteiger partial charge on any atom is -0.369 e. The summed E-state index contributed by atoms with van der Waals surface area (Å²) in [6.45, 7) is 2.24. The van der Waals surface area contributed by atoms with Gasteiger partial charge in [0.15, 0.2) is 0 Å². The molecule has 1 amide bonds. The molecule has 3 atom stereocenters. The highest BCUT2D eigenvalue weighted by atomic mass is 32.2. The molecule has 1 saturated carbocycles. The van der Waals surface area contributed by atoms with Crippen LogP contribution in [0.25, 0.3) is 16.6 Å². The minimum atomic E-state index is -3.87. The number of aryl methyl sites for hydroxylation is 2. The summed E-state index contributed by atoms with van der Waals surface area (Å²) in [5.41, 5.74) is 8.36. The maximum Gasteiger partial charge on any atom is 0.264 e. The Labute approximate surface area is 200 Å². The number of carbonyl (C=O) groups is 1. The van der Waals surface area contributed by atoms with Crippen LogP contribution in [0.3, 0.4) is 0 Å². The Morgan fingerprint density at radius 3 is 2.57 bits per heavy atom. The van der Waals surface area contributed by atoms with E-state index in [9.17, 15) is 17.6 Å². The summed E-state index contributed by atoms with van der Waals surface area (Å²) in [5.74, 6) is -1.45. The molecule has 1 aliphatic carbocycles. The number of carbonyl (C=O) groups excluding carboxylic acids is 1. The third kappa shape index (κ3) is 3.06. The highest BCUT2D eigenvalue weighted by Gasteiger charge is 2.73. The Morgan fingerprint density at radius 2 is 1.91 bits per heavy atom. The summed E-state index contributed by atoms with van der Waals surface area (Å²) in [7, 11) is -2.32. The van der Waals surface area contributed by atoms with E-state index >= 15 is 0 Å². The first kappa shape index (κ1) is 21.9. The molecule has 10 nitrogen and oxygen atoms in total. The van der Waals surface area contributed by atoms with Gasteiger partial charge < -0.3 is 5.73 Å². The van der Waals surface area contributed by atoms with Gasteiger partial charge in [-0.15, -0.1) is 5.10 Å². The first-order chi connectivity index (χ1) is 16.6. The van der Waals surface area contributed by atoms with Crippen LogP contribution in [-0.4, -0.2) is 56.5 Å². The molecule has 2 N–H and O–H groups in total. The van der Waals surface area contributed by atoms with Gasteiger partial charge in [0, 0.05) is 30.9 Å². The van der Waals surface area contributed by atoms with Crippen molar-refractivity contribution in [2.45, 2.75) is 17.4 Å². The molecule has 1 saturated heterocycles. The zero-order valence-corrected chi connectivity index (χ0v) is 19.8. The lowest BCUT2D eigenvalue weighted by atomic mass is 9.88. The van der Waals surface area contributed by atoms with Gasteiger partial charge in [0.05, 0.1) is 29.5 Å². The van der Waals surface area contributed by atoms with Crippen LogP contribution in [0.5, 0.6) is 0 Å². The number of rotatable bonds is 5. The van der Waals surface area contributed by atoms with E-state index in [-0.39, 0.29) is 29.9 Å². The molecule has 2 aliphatic rings. The Bertz CT molecular complexity index is 1610. The van der Waals surface area contributed by atoms with Crippen LogP contribution in [0.15, 0.2) is 53.8 Å². The Kier molecular flexibility index (Phi) is 4.49. The first-order valence-electron chi connectivity index (χ1n) is 11.0. The van der Waals surface area contributed by atoms with Crippen LogP contribution >= 0.6 is 0 Å². The molecule has 35 heavy (non-hydrogen) atoms. The number of benzene rings is 2. The Hall–Kier alpha value is -3.64. The van der Waals surface area contributed by atoms with E-state index in [1.54, 1.807) is 30.1 Å². The zero-order valence-electron chi connectivity index (χ0n) is 19.0. The fourth-order valence-electron chi connectivity index (χ4n) is 5.71. The average Bonchev–Trinajstić information content (AvgIpc) is 3.23. The number of primary amides is 1. The van der Waals surface area contributed by atoms with Gasteiger partial charge in [-0.1, -0.05) is 0 Å². The second-order valence-electron chi connectivity index (χ2n) is 9.26. The first-order valence-corrected chi connectivity index (χ1v) is 12.5. The standard InChI is InChI=1S/C23H22FN7O3S/c1-13-7-19-14(9-27-31(19)16-5-3-15(24)4-6-16)8-17(13)23-12-30(11-18(23)21(23)22(25)32)35(33,34)20-10-26-29(2)28-20/h3-10,18,21H,11-12H2,1-2H3,(H2,25,32). The minimum absolute atomic E-state index is 0.125. The van der Waals surface area contributed by atoms with Crippen molar-refractivity contribution >= 4 is 26.8 Å². The molecule has 0 spiro atoms. The predicted molar refractivity (Wildman–Crippen MR) is 123 cm³/mol. The van der Waals surface area contributed by atoms with Crippen LogP contribution in [-0.2, 0) is 27.3 Å². The van der Waals surface area contributed by atoms with Gasteiger partial charge in [0.25, 0.3) is 10.0 Å². The molecule has 2 aromatic heterocycles. The summed E-state index contributed by atoms with van der Waals surface area (Å²) < 4.78 is 42.9. The number of nitrogens with two attached hydrogens (primary N) is 1. The predicted octanol–water partition coefficient (Wildman–Crippen LogP) is 1.28. The SMILES string of the molecule is Cc1cc2c(cnn2-c2ccc(F)cc2)cc1C12CN(S(=O)(=O)c3cnn(C)n3)CC1C2C(N)=O. The fraction of sp³-hybridized carbons (Fsp3) is 0.304. The maximum atomic E-state index is 13.4. The van der Waals surface area contributed by atoms with E-state index in [4.69, 9.17) is 5.73 Å². The topological polar surface area (TPSA) is 129 Å². The Morgan fingerprint density at radius 1 is 1.17 bits per heavy atom.